The maximum atomic E-state index is 12.5. The van der Waals surface area contributed by atoms with Gasteiger partial charge in [0.1, 0.15) is 0 Å². The molecular weight excluding hydrogens is 339 g/mol. The van der Waals surface area contributed by atoms with Crippen LogP contribution in [0.5, 0.6) is 0 Å². The van der Waals surface area contributed by atoms with Crippen LogP contribution in [0.25, 0.3) is 0 Å². The van der Waals surface area contributed by atoms with Crippen LogP contribution >= 0.6 is 12.4 Å². The molecule has 0 spiro atoms. The van der Waals surface area contributed by atoms with Crippen LogP contribution in [0.15, 0.2) is 48.5 Å². The maximum absolute atomic E-state index is 12.5. The van der Waals surface area contributed by atoms with E-state index in [0.29, 0.717) is 6.54 Å². The van der Waals surface area contributed by atoms with Crippen LogP contribution < -0.4 is 16.0 Å². The van der Waals surface area contributed by atoms with Gasteiger partial charge in [-0.1, -0.05) is 12.1 Å². The van der Waals surface area contributed by atoms with Gasteiger partial charge in [0.2, 0.25) is 0 Å². The molecule has 130 valence electrons. The predicted molar refractivity (Wildman–Crippen MR) is 93.1 cm³/mol. The van der Waals surface area contributed by atoms with E-state index in [-0.39, 0.29) is 25.5 Å². The van der Waals surface area contributed by atoms with E-state index in [2.05, 4.69) is 5.32 Å². The summed E-state index contributed by atoms with van der Waals surface area (Å²) in [4.78, 5) is 1.73. The van der Waals surface area contributed by atoms with E-state index in [1.807, 2.05) is 48.5 Å². The number of rotatable bonds is 4. The molecule has 0 unspecified atom stereocenters. The highest BCUT2D eigenvalue weighted by Crippen LogP contribution is 2.36. The van der Waals surface area contributed by atoms with E-state index >= 15 is 0 Å². The average Bonchev–Trinajstić information content (AvgIpc) is 2.47. The average molecular weight is 358 g/mol. The smallest absolute Gasteiger partial charge is 0.370 e. The monoisotopic (exact) mass is 357 g/mol. The molecule has 0 amide bonds. The molecule has 3 rings (SSSR count). The van der Waals surface area contributed by atoms with Gasteiger partial charge < -0.3 is 16.0 Å². The van der Waals surface area contributed by atoms with Crippen LogP contribution in [0.4, 0.5) is 30.2 Å². The number of benzene rings is 2. The van der Waals surface area contributed by atoms with Crippen LogP contribution in [-0.4, -0.2) is 19.3 Å². The van der Waals surface area contributed by atoms with E-state index in [1.54, 1.807) is 4.90 Å². The topological polar surface area (TPSA) is 41.3 Å². The minimum atomic E-state index is -4.09. The van der Waals surface area contributed by atoms with Crippen molar-refractivity contribution < 1.29 is 13.2 Å². The third-order valence-corrected chi connectivity index (χ3v) is 4.06. The van der Waals surface area contributed by atoms with Gasteiger partial charge in [-0.15, -0.1) is 12.4 Å². The summed E-state index contributed by atoms with van der Waals surface area (Å²) in [5.74, 6) is -1.21. The van der Waals surface area contributed by atoms with Gasteiger partial charge in [0.05, 0.1) is 5.92 Å². The Hall–Kier alpha value is -1.92. The molecule has 1 fully saturated rings. The number of nitrogens with zero attached hydrogens (tertiary/aromatic N) is 1. The van der Waals surface area contributed by atoms with Gasteiger partial charge in [0.15, 0.2) is 0 Å². The quantitative estimate of drug-likeness (QED) is 0.856. The number of hydrogen-bond acceptors (Lipinski definition) is 3. The molecule has 0 atom stereocenters. The second-order valence-corrected chi connectivity index (χ2v) is 5.72. The molecule has 3 N–H and O–H groups in total. The second-order valence-electron chi connectivity index (χ2n) is 5.72. The van der Waals surface area contributed by atoms with Crippen molar-refractivity contribution in [3.63, 3.8) is 0 Å². The minimum absolute atomic E-state index is 0. The summed E-state index contributed by atoms with van der Waals surface area (Å²) in [6, 6.07) is 15.2. The Morgan fingerprint density at radius 2 is 1.46 bits per heavy atom. The summed E-state index contributed by atoms with van der Waals surface area (Å²) in [5, 5.41) is 3.25. The van der Waals surface area contributed by atoms with Crippen LogP contribution in [0, 0.1) is 5.92 Å². The Labute approximate surface area is 145 Å². The van der Waals surface area contributed by atoms with Gasteiger partial charge in [-0.05, 0) is 42.0 Å². The Kier molecular flexibility index (Phi) is 5.62. The fourth-order valence-electron chi connectivity index (χ4n) is 2.54. The maximum Gasteiger partial charge on any atom is 0.395 e. The zero-order chi connectivity index (χ0) is 16.4. The van der Waals surface area contributed by atoms with Gasteiger partial charge in [0, 0.05) is 36.7 Å². The highest BCUT2D eigenvalue weighted by molar-refractivity contribution is 5.85. The molecule has 2 aromatic carbocycles. The number of anilines is 3. The molecule has 1 aliphatic rings. The lowest BCUT2D eigenvalue weighted by Crippen LogP contribution is -2.53. The van der Waals surface area contributed by atoms with Crippen LogP contribution in [-0.2, 0) is 6.54 Å². The SMILES string of the molecule is Cl.NCc1ccc(Nc2ccc(N3CC(C(F)(F)F)C3)cc2)cc1. The molecule has 0 radical (unpaired) electrons. The fraction of sp³-hybridized carbons (Fsp3) is 0.294. The largest absolute Gasteiger partial charge is 0.395 e. The van der Waals surface area contributed by atoms with Crippen molar-refractivity contribution in [3.8, 4) is 0 Å². The minimum Gasteiger partial charge on any atom is -0.370 e. The highest BCUT2D eigenvalue weighted by atomic mass is 35.5. The number of nitrogens with one attached hydrogen (secondary N) is 1. The van der Waals surface area contributed by atoms with E-state index in [0.717, 1.165) is 22.6 Å². The van der Waals surface area contributed by atoms with Crippen LogP contribution in [0.3, 0.4) is 0 Å². The van der Waals surface area contributed by atoms with E-state index in [9.17, 15) is 13.2 Å². The Bertz CT molecular complexity index is 650. The predicted octanol–water partition coefficient (Wildman–Crippen LogP) is 4.31. The number of hydrogen-bond donors (Lipinski definition) is 2. The van der Waals surface area contributed by atoms with Crippen molar-refractivity contribution in [2.24, 2.45) is 11.7 Å². The summed E-state index contributed by atoms with van der Waals surface area (Å²) in [7, 11) is 0. The standard InChI is InChI=1S/C17H18F3N3.ClH/c18-17(19,20)13-10-23(11-13)16-7-5-15(6-8-16)22-14-3-1-12(9-21)2-4-14;/h1-8,13,22H,9-11,21H2;1H. The van der Waals surface area contributed by atoms with Crippen LogP contribution in [0.1, 0.15) is 5.56 Å². The molecule has 0 saturated carbocycles. The van der Waals surface area contributed by atoms with E-state index in [1.165, 1.54) is 0 Å². The van der Waals surface area contributed by atoms with Gasteiger partial charge >= 0.3 is 6.18 Å². The third kappa shape index (κ3) is 4.13. The molecule has 1 saturated heterocycles. The van der Waals surface area contributed by atoms with Gasteiger partial charge in [-0.3, -0.25) is 0 Å². The third-order valence-electron chi connectivity index (χ3n) is 4.06. The zero-order valence-corrected chi connectivity index (χ0v) is 13.7. The summed E-state index contributed by atoms with van der Waals surface area (Å²) in [6.07, 6.45) is -4.09. The molecule has 3 nitrogen and oxygen atoms in total. The van der Waals surface area contributed by atoms with E-state index < -0.39 is 12.1 Å². The first-order valence-corrected chi connectivity index (χ1v) is 7.43. The second kappa shape index (κ2) is 7.32. The summed E-state index contributed by atoms with van der Waals surface area (Å²) in [5.41, 5.74) is 9.26. The fourth-order valence-corrected chi connectivity index (χ4v) is 2.54. The molecular formula is C17H19ClF3N3. The summed E-state index contributed by atoms with van der Waals surface area (Å²) >= 11 is 0. The van der Waals surface area contributed by atoms with Crippen molar-refractivity contribution in [2.45, 2.75) is 12.7 Å². The summed E-state index contributed by atoms with van der Waals surface area (Å²) < 4.78 is 37.5. The first-order valence-electron chi connectivity index (χ1n) is 7.43. The van der Waals surface area contributed by atoms with Crippen molar-refractivity contribution >= 4 is 29.5 Å². The Morgan fingerprint density at radius 1 is 0.958 bits per heavy atom. The highest BCUT2D eigenvalue weighted by Gasteiger charge is 2.47. The van der Waals surface area contributed by atoms with E-state index in [4.69, 9.17) is 5.73 Å². The number of nitrogens with two attached hydrogens (primary N) is 1. The molecule has 7 heteroatoms. The Balaban J connectivity index is 0.00000208. The van der Waals surface area contributed by atoms with Crippen LogP contribution in [0.2, 0.25) is 0 Å². The lowest BCUT2D eigenvalue weighted by atomic mass is 9.98. The zero-order valence-electron chi connectivity index (χ0n) is 12.9. The van der Waals surface area contributed by atoms with Crippen molar-refractivity contribution in [1.82, 2.24) is 0 Å². The van der Waals surface area contributed by atoms with Crippen molar-refractivity contribution in [3.05, 3.63) is 54.1 Å². The lowest BCUT2D eigenvalue weighted by molar-refractivity contribution is -0.180. The molecule has 0 aromatic heterocycles. The van der Waals surface area contributed by atoms with Gasteiger partial charge in [-0.25, -0.2) is 0 Å². The molecule has 0 bridgehead atoms. The first-order chi connectivity index (χ1) is 11.0. The molecule has 2 aromatic rings. The molecule has 24 heavy (non-hydrogen) atoms. The number of alkyl halides is 3. The number of halogens is 4. The molecule has 0 aliphatic carbocycles. The first kappa shape index (κ1) is 18.4. The molecule has 1 heterocycles. The molecule has 1 aliphatic heterocycles. The van der Waals surface area contributed by atoms with Crippen molar-refractivity contribution in [2.75, 3.05) is 23.3 Å². The summed E-state index contributed by atoms with van der Waals surface area (Å²) in [6.45, 7) is 0.581. The Morgan fingerprint density at radius 3 is 1.92 bits per heavy atom. The lowest BCUT2D eigenvalue weighted by Gasteiger charge is -2.41. The van der Waals surface area contributed by atoms with Crippen molar-refractivity contribution in [1.29, 1.82) is 0 Å². The normalized spacial score (nSPS) is 14.8. The van der Waals surface area contributed by atoms with Gasteiger partial charge in [0.25, 0.3) is 0 Å². The van der Waals surface area contributed by atoms with Gasteiger partial charge in [-0.2, -0.15) is 13.2 Å².